The van der Waals surface area contributed by atoms with Crippen LogP contribution in [0.3, 0.4) is 0 Å². The summed E-state index contributed by atoms with van der Waals surface area (Å²) in [6.07, 6.45) is 8.41. The van der Waals surface area contributed by atoms with Gasteiger partial charge in [0.1, 0.15) is 5.82 Å². The molecule has 1 N–H and O–H groups in total. The van der Waals surface area contributed by atoms with Crippen LogP contribution in [-0.2, 0) is 6.54 Å². The lowest BCUT2D eigenvalue weighted by Crippen LogP contribution is -2.34. The van der Waals surface area contributed by atoms with E-state index in [9.17, 15) is 4.39 Å². The summed E-state index contributed by atoms with van der Waals surface area (Å²) in [6, 6.07) is 8.81. The van der Waals surface area contributed by atoms with Crippen LogP contribution in [0.5, 0.6) is 0 Å². The second-order valence-corrected chi connectivity index (χ2v) is 8.33. The van der Waals surface area contributed by atoms with E-state index in [-0.39, 0.29) is 5.82 Å². The first-order valence-electron chi connectivity index (χ1n) is 10.8. The Morgan fingerprint density at radius 3 is 2.70 bits per heavy atom. The number of aromatic amines is 1. The highest BCUT2D eigenvalue weighted by molar-refractivity contribution is 5.63. The molecular formula is C23H27FN6. The van der Waals surface area contributed by atoms with Crippen LogP contribution in [0.25, 0.3) is 11.3 Å². The van der Waals surface area contributed by atoms with Gasteiger partial charge < -0.3 is 4.90 Å². The number of aromatic nitrogens is 4. The number of H-pyrrole nitrogens is 1. The molecule has 0 bridgehead atoms. The first-order valence-corrected chi connectivity index (χ1v) is 10.8. The maximum absolute atomic E-state index is 13.2. The summed E-state index contributed by atoms with van der Waals surface area (Å²) in [7, 11) is 0. The van der Waals surface area contributed by atoms with Crippen LogP contribution in [0, 0.1) is 5.82 Å². The second-order valence-electron chi connectivity index (χ2n) is 8.33. The third-order valence-electron chi connectivity index (χ3n) is 6.21. The van der Waals surface area contributed by atoms with E-state index >= 15 is 0 Å². The third kappa shape index (κ3) is 4.07. The highest BCUT2D eigenvalue weighted by Gasteiger charge is 2.26. The smallest absolute Gasteiger partial charge is 0.225 e. The van der Waals surface area contributed by atoms with Gasteiger partial charge in [-0.25, -0.2) is 14.4 Å². The van der Waals surface area contributed by atoms with Crippen LogP contribution in [0.2, 0.25) is 0 Å². The number of hydrogen-bond acceptors (Lipinski definition) is 5. The molecule has 7 heteroatoms. The molecule has 2 fully saturated rings. The first kappa shape index (κ1) is 19.2. The maximum Gasteiger partial charge on any atom is 0.225 e. The SMILES string of the molecule is Fc1ccc(CN2CCC[C@@H](c3[nH]ncc3-c3ccnc(N4CCCC4)n3)C2)cc1. The Morgan fingerprint density at radius 1 is 1.03 bits per heavy atom. The van der Waals surface area contributed by atoms with Crippen LogP contribution in [0.4, 0.5) is 10.3 Å². The minimum absolute atomic E-state index is 0.185. The van der Waals surface area contributed by atoms with Crippen molar-refractivity contribution in [2.75, 3.05) is 31.1 Å². The summed E-state index contributed by atoms with van der Waals surface area (Å²) >= 11 is 0. The predicted octanol–water partition coefficient (Wildman–Crippen LogP) is 3.99. The van der Waals surface area contributed by atoms with Gasteiger partial charge in [-0.15, -0.1) is 0 Å². The zero-order valence-corrected chi connectivity index (χ0v) is 17.1. The van der Waals surface area contributed by atoms with E-state index in [1.807, 2.05) is 30.6 Å². The van der Waals surface area contributed by atoms with Gasteiger partial charge in [0.05, 0.1) is 11.9 Å². The molecule has 4 heterocycles. The molecule has 0 unspecified atom stereocenters. The zero-order valence-electron chi connectivity index (χ0n) is 17.1. The number of rotatable bonds is 5. The molecule has 2 aliphatic heterocycles. The van der Waals surface area contributed by atoms with Gasteiger partial charge in [0, 0.05) is 49.6 Å². The minimum atomic E-state index is -0.185. The molecule has 0 amide bonds. The second kappa shape index (κ2) is 8.52. The van der Waals surface area contributed by atoms with Gasteiger partial charge in [-0.1, -0.05) is 12.1 Å². The van der Waals surface area contributed by atoms with Crippen molar-refractivity contribution in [3.63, 3.8) is 0 Å². The number of nitrogens with one attached hydrogen (secondary N) is 1. The molecule has 0 spiro atoms. The number of nitrogens with zero attached hydrogens (tertiary/aromatic N) is 5. The maximum atomic E-state index is 13.2. The Kier molecular flexibility index (Phi) is 5.45. The van der Waals surface area contributed by atoms with Crippen molar-refractivity contribution in [3.8, 4) is 11.3 Å². The van der Waals surface area contributed by atoms with Crippen molar-refractivity contribution in [1.29, 1.82) is 0 Å². The Bertz CT molecular complexity index is 979. The van der Waals surface area contributed by atoms with E-state index in [1.54, 1.807) is 0 Å². The molecule has 0 radical (unpaired) electrons. The number of benzene rings is 1. The van der Waals surface area contributed by atoms with E-state index in [0.29, 0.717) is 5.92 Å². The third-order valence-corrected chi connectivity index (χ3v) is 6.21. The van der Waals surface area contributed by atoms with Crippen LogP contribution in [0.15, 0.2) is 42.7 Å². The lowest BCUT2D eigenvalue weighted by molar-refractivity contribution is 0.198. The molecule has 156 valence electrons. The van der Waals surface area contributed by atoms with E-state index in [4.69, 9.17) is 4.98 Å². The van der Waals surface area contributed by atoms with E-state index in [0.717, 1.165) is 74.0 Å². The molecular weight excluding hydrogens is 379 g/mol. The zero-order chi connectivity index (χ0) is 20.3. The quantitative estimate of drug-likeness (QED) is 0.694. The molecule has 2 saturated heterocycles. The molecule has 1 atom stereocenters. The molecule has 2 aliphatic rings. The normalized spacial score (nSPS) is 20.0. The average Bonchev–Trinajstić information content (AvgIpc) is 3.48. The fourth-order valence-electron chi connectivity index (χ4n) is 4.66. The van der Waals surface area contributed by atoms with Gasteiger partial charge in [0.2, 0.25) is 5.95 Å². The van der Waals surface area contributed by atoms with Crippen LogP contribution >= 0.6 is 0 Å². The fraction of sp³-hybridized carbons (Fsp3) is 0.435. The Balaban J connectivity index is 1.34. The molecule has 0 aliphatic carbocycles. The first-order chi connectivity index (χ1) is 14.8. The molecule has 6 nitrogen and oxygen atoms in total. The molecule has 3 aromatic rings. The molecule has 0 saturated carbocycles. The highest BCUT2D eigenvalue weighted by atomic mass is 19.1. The fourth-order valence-corrected chi connectivity index (χ4v) is 4.66. The molecule has 2 aromatic heterocycles. The van der Waals surface area contributed by atoms with Gasteiger partial charge in [-0.05, 0) is 56.0 Å². The average molecular weight is 407 g/mol. The summed E-state index contributed by atoms with van der Waals surface area (Å²) in [6.45, 7) is 4.92. The van der Waals surface area contributed by atoms with Crippen LogP contribution < -0.4 is 4.90 Å². The Morgan fingerprint density at radius 2 is 1.87 bits per heavy atom. The van der Waals surface area contributed by atoms with Crippen LogP contribution in [0.1, 0.15) is 42.9 Å². The van der Waals surface area contributed by atoms with Gasteiger partial charge in [0.25, 0.3) is 0 Å². The molecule has 5 rings (SSSR count). The van der Waals surface area contributed by atoms with Gasteiger partial charge in [0.15, 0.2) is 0 Å². The lowest BCUT2D eigenvalue weighted by Gasteiger charge is -2.32. The Hall–Kier alpha value is -2.80. The van der Waals surface area contributed by atoms with Crippen molar-refractivity contribution >= 4 is 5.95 Å². The van der Waals surface area contributed by atoms with E-state index < -0.39 is 0 Å². The predicted molar refractivity (Wildman–Crippen MR) is 115 cm³/mol. The van der Waals surface area contributed by atoms with E-state index in [1.165, 1.54) is 25.0 Å². The van der Waals surface area contributed by atoms with Crippen molar-refractivity contribution in [2.45, 2.75) is 38.1 Å². The number of piperidine rings is 1. The van der Waals surface area contributed by atoms with Gasteiger partial charge in [-0.2, -0.15) is 5.10 Å². The standard InChI is InChI=1S/C23H27FN6/c24-19-7-5-17(6-8-19)15-29-11-3-4-18(16-29)22-20(14-26-28-22)21-9-10-25-23(27-21)30-12-1-2-13-30/h5-10,14,18H,1-4,11-13,15-16H2,(H,26,28)/t18-/m1/s1. The van der Waals surface area contributed by atoms with Crippen molar-refractivity contribution < 1.29 is 4.39 Å². The Labute approximate surface area is 176 Å². The van der Waals surface area contributed by atoms with E-state index in [2.05, 4.69) is 25.0 Å². The number of likely N-dealkylation sites (tertiary alicyclic amines) is 1. The topological polar surface area (TPSA) is 60.9 Å². The van der Waals surface area contributed by atoms with Gasteiger partial charge >= 0.3 is 0 Å². The lowest BCUT2D eigenvalue weighted by atomic mass is 9.91. The van der Waals surface area contributed by atoms with Crippen molar-refractivity contribution in [2.24, 2.45) is 0 Å². The number of anilines is 1. The monoisotopic (exact) mass is 406 g/mol. The van der Waals surface area contributed by atoms with Crippen molar-refractivity contribution in [3.05, 3.63) is 59.8 Å². The van der Waals surface area contributed by atoms with Crippen molar-refractivity contribution in [1.82, 2.24) is 25.1 Å². The largest absolute Gasteiger partial charge is 0.341 e. The molecule has 1 aromatic carbocycles. The summed E-state index contributed by atoms with van der Waals surface area (Å²) in [4.78, 5) is 14.0. The summed E-state index contributed by atoms with van der Waals surface area (Å²) in [5.74, 6) is 1.01. The molecule has 30 heavy (non-hydrogen) atoms. The highest BCUT2D eigenvalue weighted by Crippen LogP contribution is 2.33. The minimum Gasteiger partial charge on any atom is -0.341 e. The number of halogens is 1. The summed E-state index contributed by atoms with van der Waals surface area (Å²) in [5.41, 5.74) is 4.32. The summed E-state index contributed by atoms with van der Waals surface area (Å²) < 4.78 is 13.2. The summed E-state index contributed by atoms with van der Waals surface area (Å²) in [5, 5.41) is 7.62. The number of hydrogen-bond donors (Lipinski definition) is 1. The van der Waals surface area contributed by atoms with Crippen LogP contribution in [-0.4, -0.2) is 51.2 Å². The van der Waals surface area contributed by atoms with Gasteiger partial charge in [-0.3, -0.25) is 10.00 Å².